The Bertz CT molecular complexity index is 2120. The molecule has 2 atom stereocenters. The number of piperazine rings is 1. The largest absolute Gasteiger partial charge is 0.487 e. The van der Waals surface area contributed by atoms with E-state index in [0.29, 0.717) is 42.4 Å². The number of carbonyl (C=O) groups is 3. The van der Waals surface area contributed by atoms with Crippen LogP contribution in [0, 0.1) is 0 Å². The van der Waals surface area contributed by atoms with Crippen molar-refractivity contribution in [2.45, 2.75) is 61.8 Å². The summed E-state index contributed by atoms with van der Waals surface area (Å²) in [5.74, 6) is -0.404. The Kier molecular flexibility index (Phi) is 10.8. The molecule has 3 amide bonds. The number of alkyl halides is 3. The number of halogens is 3. The standard InChI is InChI=1S/C39H42ClF2N9O4S/c40-39(41,42)55-29-4-2-28(3-5-29)51-14-11-32(46-51)31-20-25(35(43)53)21-44-36(31)49-12-9-27(10-13-49)48-17-15-47(16-18-48)22-24-1-6-30-26(19-24)23-50(38(30)56)33-7-8-34(52)45-37(33)54/h1-6,11,14,19-21,27,33,38,56H,7-10,12-13,15-18,22-23H2,(H2,43,53)(H,45,52,54). The van der Waals surface area contributed by atoms with Gasteiger partial charge in [0.2, 0.25) is 17.7 Å². The molecular weight excluding hydrogens is 764 g/mol. The number of ether oxygens (including phenoxy) is 1. The first kappa shape index (κ1) is 38.3. The van der Waals surface area contributed by atoms with Gasteiger partial charge in [-0.3, -0.25) is 34.4 Å². The minimum Gasteiger partial charge on any atom is -0.420 e. The zero-order chi connectivity index (χ0) is 39.1. The van der Waals surface area contributed by atoms with Gasteiger partial charge in [0.15, 0.2) is 0 Å². The number of piperidine rings is 2. The van der Waals surface area contributed by atoms with E-state index in [0.717, 1.165) is 70.0 Å². The number of pyridine rings is 1. The van der Waals surface area contributed by atoms with E-state index in [1.807, 2.05) is 6.07 Å². The van der Waals surface area contributed by atoms with Crippen molar-refractivity contribution in [1.82, 2.24) is 34.8 Å². The zero-order valence-corrected chi connectivity index (χ0v) is 32.1. The monoisotopic (exact) mass is 805 g/mol. The lowest BCUT2D eigenvalue weighted by Crippen LogP contribution is -2.53. The number of anilines is 1. The smallest absolute Gasteiger partial charge is 0.420 e. The van der Waals surface area contributed by atoms with Gasteiger partial charge < -0.3 is 15.4 Å². The summed E-state index contributed by atoms with van der Waals surface area (Å²) < 4.78 is 32.1. The molecule has 4 aromatic rings. The van der Waals surface area contributed by atoms with Crippen molar-refractivity contribution < 1.29 is 27.9 Å². The summed E-state index contributed by atoms with van der Waals surface area (Å²) in [6, 6.07) is 16.1. The number of nitrogens with one attached hydrogen (secondary N) is 1. The van der Waals surface area contributed by atoms with Crippen LogP contribution in [-0.4, -0.2) is 104 Å². The number of rotatable bonds is 10. The Morgan fingerprint density at radius 1 is 1.00 bits per heavy atom. The fourth-order valence-electron chi connectivity index (χ4n) is 8.32. The van der Waals surface area contributed by atoms with Gasteiger partial charge in [0.1, 0.15) is 11.6 Å². The van der Waals surface area contributed by atoms with E-state index in [4.69, 9.17) is 40.0 Å². The van der Waals surface area contributed by atoms with Crippen LogP contribution in [0.5, 0.6) is 5.75 Å². The summed E-state index contributed by atoms with van der Waals surface area (Å²) >= 11 is 9.74. The number of thiol groups is 1. The number of hydrogen-bond donors (Lipinski definition) is 3. The molecule has 4 aliphatic heterocycles. The highest BCUT2D eigenvalue weighted by molar-refractivity contribution is 7.80. The molecule has 8 rings (SSSR count). The van der Waals surface area contributed by atoms with Crippen LogP contribution in [-0.2, 0) is 22.7 Å². The number of nitrogens with zero attached hydrogens (tertiary/aromatic N) is 7. The predicted molar refractivity (Wildman–Crippen MR) is 209 cm³/mol. The van der Waals surface area contributed by atoms with Crippen molar-refractivity contribution in [1.29, 1.82) is 0 Å². The number of nitrogens with two attached hydrogens (primary N) is 1. The van der Waals surface area contributed by atoms with Gasteiger partial charge in [-0.15, -0.1) is 8.78 Å². The second-order valence-corrected chi connectivity index (χ2v) is 15.7. The van der Waals surface area contributed by atoms with Crippen molar-refractivity contribution in [2.24, 2.45) is 5.73 Å². The minimum atomic E-state index is -3.81. The molecule has 0 radical (unpaired) electrons. The van der Waals surface area contributed by atoms with Gasteiger partial charge in [0.25, 0.3) is 0 Å². The molecule has 6 heterocycles. The molecule has 0 aliphatic carbocycles. The number of carbonyl (C=O) groups excluding carboxylic acids is 3. The maximum Gasteiger partial charge on any atom is 0.487 e. The first-order chi connectivity index (χ1) is 26.9. The van der Waals surface area contributed by atoms with Gasteiger partial charge in [-0.05, 0) is 72.4 Å². The highest BCUT2D eigenvalue weighted by atomic mass is 35.5. The average molecular weight is 806 g/mol. The van der Waals surface area contributed by atoms with Crippen LogP contribution in [0.2, 0.25) is 0 Å². The Labute approximate surface area is 333 Å². The van der Waals surface area contributed by atoms with Gasteiger partial charge in [0.05, 0.1) is 28.4 Å². The first-order valence-electron chi connectivity index (χ1n) is 18.7. The van der Waals surface area contributed by atoms with Crippen molar-refractivity contribution in [3.63, 3.8) is 0 Å². The molecule has 2 aromatic heterocycles. The highest BCUT2D eigenvalue weighted by Gasteiger charge is 2.39. The fourth-order valence-corrected chi connectivity index (χ4v) is 8.90. The normalized spacial score (nSPS) is 21.6. The fraction of sp³-hybridized carbons (Fsp3) is 0.410. The van der Waals surface area contributed by atoms with E-state index >= 15 is 0 Å². The number of hydrogen-bond acceptors (Lipinski definition) is 11. The summed E-state index contributed by atoms with van der Waals surface area (Å²) in [5.41, 5.74) is 7.52. The molecule has 13 nitrogen and oxygen atoms in total. The molecule has 3 saturated heterocycles. The number of benzene rings is 2. The third-order valence-corrected chi connectivity index (χ3v) is 11.9. The Balaban J connectivity index is 0.866. The second-order valence-electron chi connectivity index (χ2n) is 14.7. The summed E-state index contributed by atoms with van der Waals surface area (Å²) in [5, 5.41) is 7.02. The lowest BCUT2D eigenvalue weighted by atomic mass is 10.0. The Morgan fingerprint density at radius 2 is 1.75 bits per heavy atom. The molecular formula is C39H42ClF2N9O4S. The van der Waals surface area contributed by atoms with Crippen LogP contribution in [0.15, 0.2) is 67.0 Å². The SMILES string of the molecule is NC(=O)c1cnc(N2CCC(N3CCN(Cc4ccc5c(c4)CN(C4CCC(=O)NC4=O)C5S)CC3)CC2)c(-c2ccn(-c3ccc(OC(F)(F)Cl)cc3)n2)c1. The zero-order valence-electron chi connectivity index (χ0n) is 30.5. The van der Waals surface area contributed by atoms with Crippen molar-refractivity contribution in [3.8, 4) is 22.7 Å². The van der Waals surface area contributed by atoms with Gasteiger partial charge >= 0.3 is 5.57 Å². The van der Waals surface area contributed by atoms with Crippen LogP contribution in [0.4, 0.5) is 14.6 Å². The number of amides is 3. The van der Waals surface area contributed by atoms with Crippen LogP contribution < -0.4 is 20.7 Å². The molecule has 294 valence electrons. The number of primary amides is 1. The third-order valence-electron chi connectivity index (χ3n) is 11.2. The molecule has 3 fully saturated rings. The van der Waals surface area contributed by atoms with Crippen molar-refractivity contribution in [2.75, 3.05) is 44.2 Å². The first-order valence-corrected chi connectivity index (χ1v) is 19.6. The summed E-state index contributed by atoms with van der Waals surface area (Å²) in [6.45, 7) is 6.95. The van der Waals surface area contributed by atoms with E-state index in [9.17, 15) is 23.2 Å². The molecule has 0 saturated carbocycles. The van der Waals surface area contributed by atoms with Crippen LogP contribution in [0.1, 0.15) is 58.1 Å². The average Bonchev–Trinajstić information content (AvgIpc) is 3.79. The highest BCUT2D eigenvalue weighted by Crippen LogP contribution is 2.40. The van der Waals surface area contributed by atoms with Gasteiger partial charge in [0, 0.05) is 94.4 Å². The summed E-state index contributed by atoms with van der Waals surface area (Å²) in [6.07, 6.45) is 6.03. The molecule has 2 aromatic carbocycles. The molecule has 2 unspecified atom stereocenters. The predicted octanol–water partition coefficient (Wildman–Crippen LogP) is 4.54. The minimum absolute atomic E-state index is 0.0859. The van der Waals surface area contributed by atoms with E-state index in [1.165, 1.54) is 29.5 Å². The number of imide groups is 1. The topological polar surface area (TPSA) is 142 Å². The lowest BCUT2D eigenvalue weighted by molar-refractivity contribution is -0.137. The van der Waals surface area contributed by atoms with E-state index in [2.05, 4.69) is 47.9 Å². The van der Waals surface area contributed by atoms with E-state index in [1.54, 1.807) is 29.1 Å². The van der Waals surface area contributed by atoms with Crippen LogP contribution in [0.25, 0.3) is 16.9 Å². The Hall–Kier alpha value is -4.61. The number of fused-ring (bicyclic) bond motifs is 1. The molecule has 17 heteroatoms. The van der Waals surface area contributed by atoms with E-state index in [-0.39, 0.29) is 34.5 Å². The van der Waals surface area contributed by atoms with Gasteiger partial charge in [-0.25, -0.2) is 9.67 Å². The molecule has 0 bridgehead atoms. The molecule has 0 spiro atoms. The van der Waals surface area contributed by atoms with E-state index < -0.39 is 11.5 Å². The van der Waals surface area contributed by atoms with Gasteiger partial charge in [-0.1, -0.05) is 18.2 Å². The molecule has 4 aliphatic rings. The summed E-state index contributed by atoms with van der Waals surface area (Å²) in [4.78, 5) is 50.5. The molecule has 56 heavy (non-hydrogen) atoms. The van der Waals surface area contributed by atoms with Crippen LogP contribution in [0.3, 0.4) is 0 Å². The Morgan fingerprint density at radius 3 is 2.45 bits per heavy atom. The summed E-state index contributed by atoms with van der Waals surface area (Å²) in [7, 11) is 0. The van der Waals surface area contributed by atoms with Crippen molar-refractivity contribution >= 4 is 47.8 Å². The maximum absolute atomic E-state index is 13.1. The van der Waals surface area contributed by atoms with Crippen molar-refractivity contribution in [3.05, 3.63) is 89.2 Å². The molecule has 3 N–H and O–H groups in total. The third kappa shape index (κ3) is 8.25. The number of aromatic nitrogens is 3. The maximum atomic E-state index is 13.1. The quantitative estimate of drug-likeness (QED) is 0.119. The second kappa shape index (κ2) is 15.7. The van der Waals surface area contributed by atoms with Gasteiger partial charge in [-0.2, -0.15) is 17.7 Å². The lowest BCUT2D eigenvalue weighted by Gasteiger charge is -2.43. The van der Waals surface area contributed by atoms with Crippen LogP contribution >= 0.6 is 24.2 Å².